The van der Waals surface area contributed by atoms with Crippen molar-refractivity contribution in [3.63, 3.8) is 0 Å². The SMILES string of the molecule is FC(F)(F)C1CCC(c2nnc(CCNC3CC3)s2)CC1. The average Bonchev–Trinajstić information content (AvgIpc) is 3.14. The van der Waals surface area contributed by atoms with Crippen molar-refractivity contribution in [1.82, 2.24) is 15.5 Å². The Labute approximate surface area is 126 Å². The number of nitrogens with zero attached hydrogens (tertiary/aromatic N) is 2. The van der Waals surface area contributed by atoms with Crippen molar-refractivity contribution in [2.75, 3.05) is 6.54 Å². The topological polar surface area (TPSA) is 37.8 Å². The maximum absolute atomic E-state index is 12.7. The molecule has 7 heteroatoms. The summed E-state index contributed by atoms with van der Waals surface area (Å²) >= 11 is 1.58. The maximum Gasteiger partial charge on any atom is 0.391 e. The minimum atomic E-state index is -4.04. The van der Waals surface area contributed by atoms with Crippen molar-refractivity contribution in [2.24, 2.45) is 5.92 Å². The lowest BCUT2D eigenvalue weighted by Crippen LogP contribution is -2.27. The fourth-order valence-corrected chi connectivity index (χ4v) is 3.88. The van der Waals surface area contributed by atoms with Gasteiger partial charge in [0.15, 0.2) is 0 Å². The van der Waals surface area contributed by atoms with Crippen molar-refractivity contribution < 1.29 is 13.2 Å². The van der Waals surface area contributed by atoms with Crippen LogP contribution >= 0.6 is 11.3 Å². The van der Waals surface area contributed by atoms with E-state index in [1.54, 1.807) is 11.3 Å². The molecule has 0 amide bonds. The number of hydrogen-bond donors (Lipinski definition) is 1. The number of nitrogens with one attached hydrogen (secondary N) is 1. The van der Waals surface area contributed by atoms with Crippen LogP contribution in [0.2, 0.25) is 0 Å². The van der Waals surface area contributed by atoms with Crippen LogP contribution in [0.5, 0.6) is 0 Å². The van der Waals surface area contributed by atoms with Crippen LogP contribution in [0.3, 0.4) is 0 Å². The van der Waals surface area contributed by atoms with Gasteiger partial charge in [-0.15, -0.1) is 21.5 Å². The van der Waals surface area contributed by atoms with Gasteiger partial charge in [0.1, 0.15) is 10.0 Å². The van der Waals surface area contributed by atoms with E-state index in [4.69, 9.17) is 0 Å². The molecule has 1 aromatic rings. The summed E-state index contributed by atoms with van der Waals surface area (Å²) in [7, 11) is 0. The fourth-order valence-electron chi connectivity index (χ4n) is 2.87. The van der Waals surface area contributed by atoms with Gasteiger partial charge in [0.05, 0.1) is 5.92 Å². The molecular formula is C14H20F3N3S. The molecule has 2 fully saturated rings. The minimum Gasteiger partial charge on any atom is -0.314 e. The van der Waals surface area contributed by atoms with Gasteiger partial charge in [-0.2, -0.15) is 13.2 Å². The lowest BCUT2D eigenvalue weighted by atomic mass is 9.82. The van der Waals surface area contributed by atoms with E-state index < -0.39 is 12.1 Å². The van der Waals surface area contributed by atoms with Gasteiger partial charge < -0.3 is 5.32 Å². The third-order valence-electron chi connectivity index (χ3n) is 4.37. The monoisotopic (exact) mass is 319 g/mol. The van der Waals surface area contributed by atoms with E-state index in [1.807, 2.05) is 0 Å². The van der Waals surface area contributed by atoms with Gasteiger partial charge in [0, 0.05) is 24.9 Å². The van der Waals surface area contributed by atoms with Gasteiger partial charge >= 0.3 is 6.18 Å². The summed E-state index contributed by atoms with van der Waals surface area (Å²) in [4.78, 5) is 0. The molecule has 2 aliphatic carbocycles. The van der Waals surface area contributed by atoms with Gasteiger partial charge in [-0.25, -0.2) is 0 Å². The molecule has 118 valence electrons. The molecule has 0 bridgehead atoms. The van der Waals surface area contributed by atoms with E-state index in [2.05, 4.69) is 15.5 Å². The summed E-state index contributed by atoms with van der Waals surface area (Å²) < 4.78 is 38.0. The van der Waals surface area contributed by atoms with Crippen LogP contribution in [0.25, 0.3) is 0 Å². The van der Waals surface area contributed by atoms with Crippen molar-refractivity contribution in [1.29, 1.82) is 0 Å². The van der Waals surface area contributed by atoms with Crippen molar-refractivity contribution in [2.45, 2.75) is 63.1 Å². The second-order valence-electron chi connectivity index (χ2n) is 6.10. The van der Waals surface area contributed by atoms with Crippen LogP contribution in [0.4, 0.5) is 13.2 Å². The molecule has 1 aromatic heterocycles. The summed E-state index contributed by atoms with van der Waals surface area (Å²) in [6.45, 7) is 0.917. The van der Waals surface area contributed by atoms with Gasteiger partial charge in [-0.1, -0.05) is 0 Å². The van der Waals surface area contributed by atoms with Crippen LogP contribution in [0, 0.1) is 5.92 Å². The van der Waals surface area contributed by atoms with E-state index in [1.165, 1.54) is 12.8 Å². The summed E-state index contributed by atoms with van der Waals surface area (Å²) in [6, 6.07) is 0.690. The summed E-state index contributed by atoms with van der Waals surface area (Å²) in [5, 5.41) is 13.7. The first-order valence-corrected chi connectivity index (χ1v) is 8.46. The van der Waals surface area contributed by atoms with Gasteiger partial charge in [-0.05, 0) is 38.5 Å². The van der Waals surface area contributed by atoms with Crippen molar-refractivity contribution >= 4 is 11.3 Å². The van der Waals surface area contributed by atoms with Crippen LogP contribution in [-0.4, -0.2) is 29.0 Å². The Morgan fingerprint density at radius 2 is 1.76 bits per heavy atom. The van der Waals surface area contributed by atoms with Gasteiger partial charge in [0.25, 0.3) is 0 Å². The first-order valence-electron chi connectivity index (χ1n) is 7.65. The highest BCUT2D eigenvalue weighted by atomic mass is 32.1. The molecule has 0 atom stereocenters. The first-order chi connectivity index (χ1) is 10.0. The summed E-state index contributed by atoms with van der Waals surface area (Å²) in [5.74, 6) is -0.949. The Bertz CT molecular complexity index is 462. The molecule has 0 saturated heterocycles. The smallest absolute Gasteiger partial charge is 0.314 e. The molecule has 0 aliphatic heterocycles. The number of halogens is 3. The molecule has 0 spiro atoms. The molecule has 0 radical (unpaired) electrons. The predicted octanol–water partition coefficient (Wildman–Crippen LogP) is 3.67. The first kappa shape index (κ1) is 15.2. The average molecular weight is 319 g/mol. The van der Waals surface area contributed by atoms with Crippen LogP contribution in [-0.2, 0) is 6.42 Å². The van der Waals surface area contributed by atoms with Gasteiger partial charge in [-0.3, -0.25) is 0 Å². The fraction of sp³-hybridized carbons (Fsp3) is 0.857. The molecule has 21 heavy (non-hydrogen) atoms. The standard InChI is InChI=1S/C14H20F3N3S/c15-14(16,17)10-3-1-9(2-4-10)13-20-19-12(21-13)7-8-18-11-5-6-11/h9-11,18H,1-8H2. The minimum absolute atomic E-state index is 0.172. The van der Waals surface area contributed by atoms with E-state index in [0.717, 1.165) is 23.0 Å². The highest BCUT2D eigenvalue weighted by molar-refractivity contribution is 7.11. The van der Waals surface area contributed by atoms with Crippen LogP contribution in [0.1, 0.15) is 54.5 Å². The zero-order valence-corrected chi connectivity index (χ0v) is 12.6. The molecule has 2 aliphatic rings. The zero-order chi connectivity index (χ0) is 14.9. The quantitative estimate of drug-likeness (QED) is 0.900. The Balaban J connectivity index is 1.47. The number of hydrogen-bond acceptors (Lipinski definition) is 4. The lowest BCUT2D eigenvalue weighted by Gasteiger charge is -2.28. The third-order valence-corrected chi connectivity index (χ3v) is 5.52. The molecule has 3 nitrogen and oxygen atoms in total. The zero-order valence-electron chi connectivity index (χ0n) is 11.8. The predicted molar refractivity (Wildman–Crippen MR) is 75.4 cm³/mol. The molecule has 2 saturated carbocycles. The van der Waals surface area contributed by atoms with E-state index >= 15 is 0 Å². The van der Waals surface area contributed by atoms with E-state index in [9.17, 15) is 13.2 Å². The maximum atomic E-state index is 12.7. The van der Waals surface area contributed by atoms with Crippen LogP contribution < -0.4 is 5.32 Å². The molecule has 0 unspecified atom stereocenters. The lowest BCUT2D eigenvalue weighted by molar-refractivity contribution is -0.182. The summed E-state index contributed by atoms with van der Waals surface area (Å²) in [5.41, 5.74) is 0. The van der Waals surface area contributed by atoms with Crippen molar-refractivity contribution in [3.05, 3.63) is 10.0 Å². The number of alkyl halides is 3. The summed E-state index contributed by atoms with van der Waals surface area (Å²) in [6.07, 6.45) is 0.988. The second-order valence-corrected chi connectivity index (χ2v) is 7.20. The molecule has 0 aromatic carbocycles. The Morgan fingerprint density at radius 1 is 1.05 bits per heavy atom. The van der Waals surface area contributed by atoms with Crippen molar-refractivity contribution in [3.8, 4) is 0 Å². The molecule has 3 rings (SSSR count). The number of aromatic nitrogens is 2. The molecule has 1 heterocycles. The Morgan fingerprint density at radius 3 is 2.38 bits per heavy atom. The molecular weight excluding hydrogens is 299 g/mol. The van der Waals surface area contributed by atoms with E-state index in [-0.39, 0.29) is 18.8 Å². The Kier molecular flexibility index (Phi) is 4.49. The highest BCUT2D eigenvalue weighted by Crippen LogP contribution is 2.43. The normalized spacial score (nSPS) is 27.0. The van der Waals surface area contributed by atoms with Gasteiger partial charge in [0.2, 0.25) is 0 Å². The third kappa shape index (κ3) is 4.16. The van der Waals surface area contributed by atoms with Crippen LogP contribution in [0.15, 0.2) is 0 Å². The highest BCUT2D eigenvalue weighted by Gasteiger charge is 2.42. The largest absolute Gasteiger partial charge is 0.391 e. The molecule has 1 N–H and O–H groups in total. The van der Waals surface area contributed by atoms with E-state index in [0.29, 0.717) is 18.9 Å². The second kappa shape index (κ2) is 6.20. The number of rotatable bonds is 5. The Hall–Kier alpha value is -0.690.